The highest BCUT2D eigenvalue weighted by atomic mass is 32.2. The van der Waals surface area contributed by atoms with Crippen LogP contribution in [-0.4, -0.2) is 18.7 Å². The molecule has 0 radical (unpaired) electrons. The van der Waals surface area contributed by atoms with E-state index in [0.29, 0.717) is 5.92 Å². The molecule has 0 fully saturated rings. The summed E-state index contributed by atoms with van der Waals surface area (Å²) >= 11 is 1.20. The summed E-state index contributed by atoms with van der Waals surface area (Å²) in [5.41, 5.74) is 1.14. The second kappa shape index (κ2) is 7.67. The van der Waals surface area contributed by atoms with Crippen LogP contribution in [0.25, 0.3) is 0 Å². The maximum Gasteiger partial charge on any atom is 0.247 e. The van der Waals surface area contributed by atoms with Gasteiger partial charge in [0.1, 0.15) is 0 Å². The second-order valence-corrected chi connectivity index (χ2v) is 5.47. The first-order chi connectivity index (χ1) is 8.08. The topological polar surface area (TPSA) is 12.0 Å². The summed E-state index contributed by atoms with van der Waals surface area (Å²) in [4.78, 5) is 0.911. The summed E-state index contributed by atoms with van der Waals surface area (Å²) in [5, 5.41) is 3.34. The second-order valence-electron chi connectivity index (χ2n) is 4.37. The van der Waals surface area contributed by atoms with Crippen LogP contribution in [0.15, 0.2) is 29.2 Å². The number of alkyl halides is 2. The summed E-state index contributed by atoms with van der Waals surface area (Å²) < 4.78 is 24.2. The van der Waals surface area contributed by atoms with E-state index in [-0.39, 0.29) is 5.75 Å². The van der Waals surface area contributed by atoms with Crippen molar-refractivity contribution in [1.29, 1.82) is 0 Å². The highest BCUT2D eigenvalue weighted by Gasteiger charge is 2.04. The molecule has 0 aliphatic carbocycles. The van der Waals surface area contributed by atoms with Gasteiger partial charge in [-0.3, -0.25) is 0 Å². The molecule has 0 aliphatic rings. The van der Waals surface area contributed by atoms with Gasteiger partial charge in [-0.15, -0.1) is 11.8 Å². The van der Waals surface area contributed by atoms with Crippen molar-refractivity contribution in [2.75, 3.05) is 12.3 Å². The van der Waals surface area contributed by atoms with E-state index < -0.39 is 6.43 Å². The van der Waals surface area contributed by atoms with Crippen molar-refractivity contribution < 1.29 is 8.78 Å². The molecule has 0 atom stereocenters. The summed E-state index contributed by atoms with van der Waals surface area (Å²) in [7, 11) is 0. The van der Waals surface area contributed by atoms with Crippen LogP contribution >= 0.6 is 11.8 Å². The van der Waals surface area contributed by atoms with Crippen molar-refractivity contribution in [3.8, 4) is 0 Å². The molecule has 0 unspecified atom stereocenters. The highest BCUT2D eigenvalue weighted by molar-refractivity contribution is 7.99. The van der Waals surface area contributed by atoms with E-state index in [0.717, 1.165) is 23.5 Å². The minimum atomic E-state index is -2.25. The number of benzene rings is 1. The van der Waals surface area contributed by atoms with Gasteiger partial charge in [-0.1, -0.05) is 26.0 Å². The van der Waals surface area contributed by atoms with Crippen LogP contribution in [0.1, 0.15) is 19.4 Å². The van der Waals surface area contributed by atoms with Crippen LogP contribution in [0.4, 0.5) is 8.78 Å². The normalized spacial score (nSPS) is 11.4. The van der Waals surface area contributed by atoms with Gasteiger partial charge >= 0.3 is 0 Å². The Kier molecular flexibility index (Phi) is 6.52. The Bertz CT molecular complexity index is 329. The van der Waals surface area contributed by atoms with E-state index in [4.69, 9.17) is 0 Å². The van der Waals surface area contributed by atoms with Gasteiger partial charge in [0, 0.05) is 11.4 Å². The summed E-state index contributed by atoms with van der Waals surface area (Å²) in [6.45, 7) is 6.07. The monoisotopic (exact) mass is 259 g/mol. The van der Waals surface area contributed by atoms with E-state index in [1.807, 2.05) is 24.3 Å². The number of hydrogen-bond donors (Lipinski definition) is 1. The first-order valence-corrected chi connectivity index (χ1v) is 6.77. The first kappa shape index (κ1) is 14.5. The average Bonchev–Trinajstić information content (AvgIpc) is 2.26. The fraction of sp³-hybridized carbons (Fsp3) is 0.538. The SMILES string of the molecule is CC(C)CNCc1cccc(SCC(F)F)c1. The molecule has 1 nitrogen and oxygen atoms in total. The predicted octanol–water partition coefficient (Wildman–Crippen LogP) is 3.79. The van der Waals surface area contributed by atoms with E-state index in [1.54, 1.807) is 0 Å². The zero-order valence-electron chi connectivity index (χ0n) is 10.2. The van der Waals surface area contributed by atoms with Gasteiger partial charge in [0.25, 0.3) is 0 Å². The zero-order valence-corrected chi connectivity index (χ0v) is 11.1. The molecule has 1 N–H and O–H groups in total. The number of nitrogens with one attached hydrogen (secondary N) is 1. The third-order valence-electron chi connectivity index (χ3n) is 2.16. The lowest BCUT2D eigenvalue weighted by molar-refractivity contribution is 0.177. The van der Waals surface area contributed by atoms with E-state index in [9.17, 15) is 8.78 Å². The van der Waals surface area contributed by atoms with Crippen molar-refractivity contribution in [3.63, 3.8) is 0 Å². The summed E-state index contributed by atoms with van der Waals surface area (Å²) in [6, 6.07) is 7.78. The lowest BCUT2D eigenvalue weighted by atomic mass is 10.2. The summed E-state index contributed by atoms with van der Waals surface area (Å²) in [5.74, 6) is 0.481. The Labute approximate surface area is 106 Å². The van der Waals surface area contributed by atoms with Crippen molar-refractivity contribution in [1.82, 2.24) is 5.32 Å². The third kappa shape index (κ3) is 6.64. The van der Waals surface area contributed by atoms with Gasteiger partial charge in [0.2, 0.25) is 6.43 Å². The van der Waals surface area contributed by atoms with E-state index in [1.165, 1.54) is 11.8 Å². The lowest BCUT2D eigenvalue weighted by Gasteiger charge is -2.08. The number of rotatable bonds is 7. The average molecular weight is 259 g/mol. The van der Waals surface area contributed by atoms with Crippen molar-refractivity contribution in [2.24, 2.45) is 5.92 Å². The number of halogens is 2. The van der Waals surface area contributed by atoms with E-state index in [2.05, 4.69) is 19.2 Å². The van der Waals surface area contributed by atoms with Crippen LogP contribution in [0.2, 0.25) is 0 Å². The molecule has 4 heteroatoms. The molecule has 0 aromatic heterocycles. The van der Waals surface area contributed by atoms with Gasteiger partial charge in [-0.05, 0) is 30.2 Å². The Hall–Kier alpha value is -0.610. The molecule has 0 saturated carbocycles. The molecule has 1 aromatic rings. The standard InChI is InChI=1S/C13H19F2NS/c1-10(2)7-16-8-11-4-3-5-12(6-11)17-9-13(14)15/h3-6,10,13,16H,7-9H2,1-2H3. The quantitative estimate of drug-likeness (QED) is 0.748. The van der Waals surface area contributed by atoms with E-state index >= 15 is 0 Å². The van der Waals surface area contributed by atoms with Crippen LogP contribution in [0, 0.1) is 5.92 Å². The molecular formula is C13H19F2NS. The smallest absolute Gasteiger partial charge is 0.247 e. The fourth-order valence-electron chi connectivity index (χ4n) is 1.41. The maximum absolute atomic E-state index is 12.1. The Morgan fingerprint density at radius 3 is 2.71 bits per heavy atom. The molecule has 0 bridgehead atoms. The molecule has 0 saturated heterocycles. The van der Waals surface area contributed by atoms with Crippen molar-refractivity contribution in [3.05, 3.63) is 29.8 Å². The highest BCUT2D eigenvalue weighted by Crippen LogP contribution is 2.21. The van der Waals surface area contributed by atoms with Crippen LogP contribution < -0.4 is 5.32 Å². The van der Waals surface area contributed by atoms with Crippen LogP contribution in [-0.2, 0) is 6.54 Å². The molecule has 1 rings (SSSR count). The summed E-state index contributed by atoms with van der Waals surface area (Å²) in [6.07, 6.45) is -2.25. The van der Waals surface area contributed by atoms with Crippen LogP contribution in [0.5, 0.6) is 0 Å². The molecular weight excluding hydrogens is 240 g/mol. The largest absolute Gasteiger partial charge is 0.312 e. The van der Waals surface area contributed by atoms with Gasteiger partial charge < -0.3 is 5.32 Å². The van der Waals surface area contributed by atoms with Crippen molar-refractivity contribution >= 4 is 11.8 Å². The molecule has 17 heavy (non-hydrogen) atoms. The molecule has 0 aliphatic heterocycles. The van der Waals surface area contributed by atoms with Gasteiger partial charge in [-0.25, -0.2) is 8.78 Å². The molecule has 0 heterocycles. The lowest BCUT2D eigenvalue weighted by Crippen LogP contribution is -2.18. The third-order valence-corrected chi connectivity index (χ3v) is 3.16. The molecule has 1 aromatic carbocycles. The minimum Gasteiger partial charge on any atom is -0.312 e. The van der Waals surface area contributed by atoms with Gasteiger partial charge in [-0.2, -0.15) is 0 Å². The molecule has 96 valence electrons. The van der Waals surface area contributed by atoms with Crippen LogP contribution in [0.3, 0.4) is 0 Å². The van der Waals surface area contributed by atoms with Gasteiger partial charge in [0.05, 0.1) is 5.75 Å². The Balaban J connectivity index is 2.42. The molecule has 0 spiro atoms. The Morgan fingerprint density at radius 2 is 2.06 bits per heavy atom. The van der Waals surface area contributed by atoms with Gasteiger partial charge in [0.15, 0.2) is 0 Å². The fourth-order valence-corrected chi connectivity index (χ4v) is 2.14. The number of hydrogen-bond acceptors (Lipinski definition) is 2. The minimum absolute atomic E-state index is 0.136. The first-order valence-electron chi connectivity index (χ1n) is 5.78. The number of thioether (sulfide) groups is 1. The molecule has 0 amide bonds. The Morgan fingerprint density at radius 1 is 1.29 bits per heavy atom. The zero-order chi connectivity index (χ0) is 12.7. The van der Waals surface area contributed by atoms with Crippen molar-refractivity contribution in [2.45, 2.75) is 31.7 Å². The predicted molar refractivity (Wildman–Crippen MR) is 69.7 cm³/mol. The maximum atomic E-state index is 12.1.